The summed E-state index contributed by atoms with van der Waals surface area (Å²) in [4.78, 5) is 26.8. The Kier molecular flexibility index (Phi) is 10.8. The Morgan fingerprint density at radius 3 is 1.67 bits per heavy atom. The van der Waals surface area contributed by atoms with E-state index >= 15 is 0 Å². The highest BCUT2D eigenvalue weighted by Gasteiger charge is 2.26. The van der Waals surface area contributed by atoms with Crippen LogP contribution in [-0.2, 0) is 26.0 Å². The van der Waals surface area contributed by atoms with Gasteiger partial charge in [0.2, 0.25) is 0 Å². The summed E-state index contributed by atoms with van der Waals surface area (Å²) < 4.78 is 10.8. The molecule has 0 fully saturated rings. The van der Waals surface area contributed by atoms with Gasteiger partial charge in [0.25, 0.3) is 0 Å². The van der Waals surface area contributed by atoms with E-state index in [2.05, 4.69) is 50.1 Å². The number of nitrogens with zero attached hydrogens (tertiary/aromatic N) is 1. The van der Waals surface area contributed by atoms with Gasteiger partial charge < -0.3 is 20.1 Å². The van der Waals surface area contributed by atoms with E-state index in [9.17, 15) is 9.59 Å². The molecule has 39 heavy (non-hydrogen) atoms. The number of hydrogen-bond donors (Lipinski definition) is 2. The number of likely N-dealkylation sites (N-methyl/N-ethyl adjacent to an activating group) is 1. The summed E-state index contributed by atoms with van der Waals surface area (Å²) >= 11 is 0. The zero-order valence-electron chi connectivity index (χ0n) is 25.2. The third-order valence-electron chi connectivity index (χ3n) is 6.77. The number of nitrogens with one attached hydrogen (secondary N) is 2. The van der Waals surface area contributed by atoms with Crippen LogP contribution in [-0.4, -0.2) is 50.4 Å². The van der Waals surface area contributed by atoms with Crippen LogP contribution in [0.15, 0.2) is 55.1 Å². The summed E-state index contributed by atoms with van der Waals surface area (Å²) in [6.45, 7) is 21.7. The zero-order chi connectivity index (χ0) is 29.4. The number of rotatable bonds is 11. The second kappa shape index (κ2) is 13.2. The summed E-state index contributed by atoms with van der Waals surface area (Å²) in [5.74, 6) is 0. The van der Waals surface area contributed by atoms with E-state index < -0.39 is 23.3 Å². The van der Waals surface area contributed by atoms with E-state index in [1.54, 1.807) is 0 Å². The predicted molar refractivity (Wildman–Crippen MR) is 159 cm³/mol. The minimum atomic E-state index is -0.600. The van der Waals surface area contributed by atoms with Crippen LogP contribution in [0.2, 0.25) is 0 Å². The molecular weight excluding hydrogens is 490 g/mol. The molecule has 0 saturated carbocycles. The largest absolute Gasteiger partial charge is 0.448 e. The highest BCUT2D eigenvalue weighted by molar-refractivity contribution is 5.69. The number of carbonyl (C=O) groups excluding carboxylic acids is 2. The maximum atomic E-state index is 12.5. The maximum absolute atomic E-state index is 12.5. The minimum absolute atomic E-state index is 0.0222. The average molecular weight is 538 g/mol. The molecule has 0 aliphatic heterocycles. The Hall–Kier alpha value is -3.32. The fourth-order valence-corrected chi connectivity index (χ4v) is 3.97. The molecule has 2 aromatic carbocycles. The second-order valence-electron chi connectivity index (χ2n) is 12.3. The number of benzene rings is 2. The lowest BCUT2D eigenvalue weighted by Crippen LogP contribution is -2.42. The zero-order valence-corrected chi connectivity index (χ0v) is 25.2. The van der Waals surface area contributed by atoms with Crippen molar-refractivity contribution in [2.75, 3.05) is 33.4 Å². The molecule has 0 unspecified atom stereocenters. The lowest BCUT2D eigenvalue weighted by molar-refractivity contribution is 0.108. The van der Waals surface area contributed by atoms with Crippen LogP contribution in [0.4, 0.5) is 9.59 Å². The lowest BCUT2D eigenvalue weighted by Gasteiger charge is -2.29. The molecule has 0 aliphatic carbocycles. The van der Waals surface area contributed by atoms with E-state index in [-0.39, 0.29) is 18.6 Å². The molecule has 0 bridgehead atoms. The summed E-state index contributed by atoms with van der Waals surface area (Å²) in [5, 5.41) is 5.90. The van der Waals surface area contributed by atoms with Crippen LogP contribution in [0.5, 0.6) is 0 Å². The second-order valence-corrected chi connectivity index (χ2v) is 12.3. The first-order valence-corrected chi connectivity index (χ1v) is 13.5. The molecule has 7 nitrogen and oxygen atoms in total. The summed E-state index contributed by atoms with van der Waals surface area (Å²) in [5.41, 5.74) is 4.04. The Morgan fingerprint density at radius 1 is 0.769 bits per heavy atom. The Bertz CT molecular complexity index is 1150. The SMILES string of the molecule is C=C(C)c1cccc(C(C)(C)NC(=O)OCCN(C)CCOC(=O)NC(C)(C)c2cccc(C(C)(C)C)c2)c1. The van der Waals surface area contributed by atoms with Crippen molar-refractivity contribution < 1.29 is 19.1 Å². The average Bonchev–Trinajstić information content (AvgIpc) is 2.83. The fraction of sp³-hybridized carbons (Fsp3) is 0.500. The standard InChI is InChI=1S/C32H47N3O4/c1-23(2)24-13-11-15-26(21-24)31(6,7)33-28(36)38-19-17-35(10)18-20-39-29(37)34-32(8,9)27-16-12-14-25(22-27)30(3,4)5/h11-16,21-22H,1,17-20H2,2-10H3,(H,33,36)(H,34,37). The molecule has 0 aromatic heterocycles. The van der Waals surface area contributed by atoms with Crippen molar-refractivity contribution in [3.05, 3.63) is 77.4 Å². The normalized spacial score (nSPS) is 12.2. The van der Waals surface area contributed by atoms with Gasteiger partial charge in [0.1, 0.15) is 13.2 Å². The fourth-order valence-electron chi connectivity index (χ4n) is 3.97. The van der Waals surface area contributed by atoms with Crippen LogP contribution >= 0.6 is 0 Å². The van der Waals surface area contributed by atoms with Gasteiger partial charge in [-0.25, -0.2) is 9.59 Å². The molecule has 2 aromatic rings. The Balaban J connectivity index is 1.74. The summed E-state index contributed by atoms with van der Waals surface area (Å²) in [6, 6.07) is 16.2. The highest BCUT2D eigenvalue weighted by Crippen LogP contribution is 2.28. The smallest absolute Gasteiger partial charge is 0.407 e. The summed E-state index contributed by atoms with van der Waals surface area (Å²) in [7, 11) is 1.89. The van der Waals surface area contributed by atoms with Gasteiger partial charge >= 0.3 is 12.2 Å². The molecule has 0 heterocycles. The van der Waals surface area contributed by atoms with Gasteiger partial charge in [0, 0.05) is 13.1 Å². The van der Waals surface area contributed by atoms with Crippen LogP contribution in [0.1, 0.15) is 77.6 Å². The van der Waals surface area contributed by atoms with Gasteiger partial charge in [-0.1, -0.05) is 75.4 Å². The van der Waals surface area contributed by atoms with Crippen molar-refractivity contribution >= 4 is 17.8 Å². The van der Waals surface area contributed by atoms with Crippen LogP contribution < -0.4 is 10.6 Å². The quantitative estimate of drug-likeness (QED) is 0.339. The monoisotopic (exact) mass is 537 g/mol. The number of allylic oxidation sites excluding steroid dienone is 1. The number of hydrogen-bond acceptors (Lipinski definition) is 5. The van der Waals surface area contributed by atoms with E-state index in [0.717, 1.165) is 22.3 Å². The molecular formula is C32H47N3O4. The van der Waals surface area contributed by atoms with Crippen LogP contribution in [0.25, 0.3) is 5.57 Å². The van der Waals surface area contributed by atoms with E-state index in [1.165, 1.54) is 5.56 Å². The van der Waals surface area contributed by atoms with E-state index in [4.69, 9.17) is 9.47 Å². The van der Waals surface area contributed by atoms with E-state index in [1.807, 2.05) is 83.0 Å². The molecule has 7 heteroatoms. The molecule has 0 aliphatic rings. The van der Waals surface area contributed by atoms with Gasteiger partial charge in [0.15, 0.2) is 0 Å². The lowest BCUT2D eigenvalue weighted by atomic mass is 9.83. The first kappa shape index (κ1) is 31.9. The van der Waals surface area contributed by atoms with Gasteiger partial charge in [-0.2, -0.15) is 0 Å². The summed E-state index contributed by atoms with van der Waals surface area (Å²) in [6.07, 6.45) is -0.953. The highest BCUT2D eigenvalue weighted by atomic mass is 16.6. The molecule has 0 saturated heterocycles. The molecule has 2 amide bonds. The van der Waals surface area contributed by atoms with Crippen molar-refractivity contribution in [1.82, 2.24) is 15.5 Å². The molecule has 0 radical (unpaired) electrons. The van der Waals surface area contributed by atoms with Crippen molar-refractivity contribution in [2.24, 2.45) is 0 Å². The maximum Gasteiger partial charge on any atom is 0.407 e. The van der Waals surface area contributed by atoms with E-state index in [0.29, 0.717) is 13.1 Å². The topological polar surface area (TPSA) is 79.9 Å². The first-order chi connectivity index (χ1) is 18.0. The van der Waals surface area contributed by atoms with Crippen LogP contribution in [0, 0.1) is 0 Å². The van der Waals surface area contributed by atoms with Crippen molar-refractivity contribution in [2.45, 2.75) is 71.9 Å². The Labute approximate surface area is 235 Å². The van der Waals surface area contributed by atoms with Gasteiger partial charge in [0.05, 0.1) is 11.1 Å². The first-order valence-electron chi connectivity index (χ1n) is 13.5. The minimum Gasteiger partial charge on any atom is -0.448 e. The number of amides is 2. The number of ether oxygens (including phenoxy) is 2. The van der Waals surface area contributed by atoms with Gasteiger partial charge in [-0.05, 0) is 75.4 Å². The third kappa shape index (κ3) is 10.1. The number of alkyl carbamates (subject to hydrolysis) is 2. The Morgan fingerprint density at radius 2 is 1.21 bits per heavy atom. The third-order valence-corrected chi connectivity index (χ3v) is 6.77. The van der Waals surface area contributed by atoms with Gasteiger partial charge in [-0.3, -0.25) is 4.90 Å². The van der Waals surface area contributed by atoms with Crippen LogP contribution in [0.3, 0.4) is 0 Å². The van der Waals surface area contributed by atoms with Gasteiger partial charge in [-0.15, -0.1) is 0 Å². The van der Waals surface area contributed by atoms with Crippen molar-refractivity contribution in [1.29, 1.82) is 0 Å². The van der Waals surface area contributed by atoms with Crippen molar-refractivity contribution in [3.63, 3.8) is 0 Å². The molecule has 0 atom stereocenters. The molecule has 2 rings (SSSR count). The number of carbonyl (C=O) groups is 2. The molecule has 0 spiro atoms. The van der Waals surface area contributed by atoms with Crippen molar-refractivity contribution in [3.8, 4) is 0 Å². The molecule has 2 N–H and O–H groups in total. The molecule has 214 valence electrons. The predicted octanol–water partition coefficient (Wildman–Crippen LogP) is 6.57.